The second-order valence-corrected chi connectivity index (χ2v) is 6.14. The van der Waals surface area contributed by atoms with Crippen LogP contribution < -0.4 is 5.32 Å². The maximum Gasteiger partial charge on any atom is 0.202 e. The Kier molecular flexibility index (Phi) is 5.25. The van der Waals surface area contributed by atoms with E-state index in [1.54, 1.807) is 0 Å². The molecular weight excluding hydrogens is 236 g/mol. The van der Waals surface area contributed by atoms with Crippen LogP contribution in [0.3, 0.4) is 0 Å². The van der Waals surface area contributed by atoms with Crippen molar-refractivity contribution in [3.63, 3.8) is 0 Å². The van der Waals surface area contributed by atoms with Gasteiger partial charge in [0.05, 0.1) is 0 Å². The van der Waals surface area contributed by atoms with Gasteiger partial charge >= 0.3 is 0 Å². The standard InChI is InChI=1S/C15H28N4/c1-13(2)12-17-15-16-8-9-19(15)11-10-18(3)14-6-4-5-7-14/h8-9,13-14H,4-7,10-12H2,1-3H3,(H,16,17). The SMILES string of the molecule is CC(C)CNc1nccn1CCN(C)C1CCCC1. The third-order valence-electron chi connectivity index (χ3n) is 4.03. The van der Waals surface area contributed by atoms with Gasteiger partial charge < -0.3 is 14.8 Å². The minimum Gasteiger partial charge on any atom is -0.355 e. The van der Waals surface area contributed by atoms with E-state index >= 15 is 0 Å². The molecule has 1 fully saturated rings. The van der Waals surface area contributed by atoms with Gasteiger partial charge in [-0.05, 0) is 25.8 Å². The molecule has 1 aliphatic carbocycles. The first-order chi connectivity index (χ1) is 9.16. The van der Waals surface area contributed by atoms with Gasteiger partial charge in [0.1, 0.15) is 0 Å². The molecule has 1 N–H and O–H groups in total. The summed E-state index contributed by atoms with van der Waals surface area (Å²) in [4.78, 5) is 6.91. The van der Waals surface area contributed by atoms with Gasteiger partial charge in [-0.2, -0.15) is 0 Å². The second-order valence-electron chi connectivity index (χ2n) is 6.14. The molecule has 0 radical (unpaired) electrons. The van der Waals surface area contributed by atoms with Gasteiger partial charge in [0.2, 0.25) is 5.95 Å². The van der Waals surface area contributed by atoms with Gasteiger partial charge in [-0.3, -0.25) is 0 Å². The Morgan fingerprint density at radius 3 is 2.84 bits per heavy atom. The van der Waals surface area contributed by atoms with Crippen LogP contribution in [0.5, 0.6) is 0 Å². The van der Waals surface area contributed by atoms with Crippen LogP contribution in [0.1, 0.15) is 39.5 Å². The lowest BCUT2D eigenvalue weighted by Crippen LogP contribution is -2.32. The molecule has 0 aromatic carbocycles. The van der Waals surface area contributed by atoms with Crippen molar-refractivity contribution in [1.82, 2.24) is 14.5 Å². The van der Waals surface area contributed by atoms with E-state index in [0.717, 1.165) is 31.6 Å². The highest BCUT2D eigenvalue weighted by Crippen LogP contribution is 2.22. The molecule has 19 heavy (non-hydrogen) atoms. The number of rotatable bonds is 7. The van der Waals surface area contributed by atoms with E-state index in [-0.39, 0.29) is 0 Å². The second kappa shape index (κ2) is 6.94. The quantitative estimate of drug-likeness (QED) is 0.822. The Balaban J connectivity index is 1.80. The molecule has 4 nitrogen and oxygen atoms in total. The molecule has 1 aromatic heterocycles. The summed E-state index contributed by atoms with van der Waals surface area (Å²) in [6.07, 6.45) is 9.52. The molecule has 0 aliphatic heterocycles. The van der Waals surface area contributed by atoms with Gasteiger partial charge in [-0.1, -0.05) is 26.7 Å². The van der Waals surface area contributed by atoms with Crippen LogP contribution >= 0.6 is 0 Å². The molecule has 0 amide bonds. The zero-order valence-electron chi connectivity index (χ0n) is 12.6. The summed E-state index contributed by atoms with van der Waals surface area (Å²) in [7, 11) is 2.26. The van der Waals surface area contributed by atoms with Crippen molar-refractivity contribution in [1.29, 1.82) is 0 Å². The predicted molar refractivity (Wildman–Crippen MR) is 80.4 cm³/mol. The third-order valence-corrected chi connectivity index (χ3v) is 4.03. The molecule has 0 saturated heterocycles. The third kappa shape index (κ3) is 4.23. The fraction of sp³-hybridized carbons (Fsp3) is 0.800. The van der Waals surface area contributed by atoms with E-state index in [2.05, 4.69) is 46.9 Å². The predicted octanol–water partition coefficient (Wildman–Crippen LogP) is 2.83. The van der Waals surface area contributed by atoms with E-state index in [0.29, 0.717) is 5.92 Å². The minimum atomic E-state index is 0.645. The van der Waals surface area contributed by atoms with E-state index in [4.69, 9.17) is 0 Å². The molecule has 1 aliphatic rings. The van der Waals surface area contributed by atoms with Crippen LogP contribution in [-0.2, 0) is 6.54 Å². The number of imidazole rings is 1. The molecule has 2 rings (SSSR count). The normalized spacial score (nSPS) is 16.7. The molecule has 0 atom stereocenters. The number of likely N-dealkylation sites (N-methyl/N-ethyl adjacent to an activating group) is 1. The van der Waals surface area contributed by atoms with Gasteiger partial charge in [-0.25, -0.2) is 4.98 Å². The first kappa shape index (κ1) is 14.4. The van der Waals surface area contributed by atoms with E-state index in [1.165, 1.54) is 25.7 Å². The van der Waals surface area contributed by atoms with E-state index in [1.807, 2.05) is 6.20 Å². The number of anilines is 1. The Labute approximate surface area is 117 Å². The molecule has 108 valence electrons. The lowest BCUT2D eigenvalue weighted by atomic mass is 10.2. The monoisotopic (exact) mass is 264 g/mol. The highest BCUT2D eigenvalue weighted by molar-refractivity contribution is 5.25. The topological polar surface area (TPSA) is 33.1 Å². The van der Waals surface area contributed by atoms with Gasteiger partial charge in [0.25, 0.3) is 0 Å². The zero-order chi connectivity index (χ0) is 13.7. The lowest BCUT2D eigenvalue weighted by molar-refractivity contribution is 0.237. The maximum atomic E-state index is 4.40. The van der Waals surface area contributed by atoms with E-state index < -0.39 is 0 Å². The van der Waals surface area contributed by atoms with Gasteiger partial charge in [0, 0.05) is 38.1 Å². The van der Waals surface area contributed by atoms with Crippen molar-refractivity contribution in [2.24, 2.45) is 5.92 Å². The highest BCUT2D eigenvalue weighted by Gasteiger charge is 2.19. The number of nitrogens with zero attached hydrogens (tertiary/aromatic N) is 3. The zero-order valence-corrected chi connectivity index (χ0v) is 12.6. The average molecular weight is 264 g/mol. The van der Waals surface area contributed by atoms with Crippen molar-refractivity contribution < 1.29 is 0 Å². The number of aromatic nitrogens is 2. The Morgan fingerprint density at radius 2 is 2.16 bits per heavy atom. The van der Waals surface area contributed by atoms with Crippen molar-refractivity contribution >= 4 is 5.95 Å². The smallest absolute Gasteiger partial charge is 0.202 e. The van der Waals surface area contributed by atoms with Crippen LogP contribution in [0.15, 0.2) is 12.4 Å². The van der Waals surface area contributed by atoms with E-state index in [9.17, 15) is 0 Å². The van der Waals surface area contributed by atoms with Crippen LogP contribution in [-0.4, -0.2) is 40.6 Å². The average Bonchev–Trinajstić information content (AvgIpc) is 3.04. The summed E-state index contributed by atoms with van der Waals surface area (Å²) < 4.78 is 2.23. The minimum absolute atomic E-state index is 0.645. The first-order valence-electron chi connectivity index (χ1n) is 7.62. The molecule has 0 bridgehead atoms. The molecule has 1 heterocycles. The maximum absolute atomic E-state index is 4.40. The molecular formula is C15H28N4. The summed E-state index contributed by atoms with van der Waals surface area (Å²) in [6, 6.07) is 0.801. The Bertz CT molecular complexity index is 366. The molecule has 0 unspecified atom stereocenters. The molecule has 1 aromatic rings. The van der Waals surface area contributed by atoms with Crippen molar-refractivity contribution in [2.75, 3.05) is 25.5 Å². The number of hydrogen-bond donors (Lipinski definition) is 1. The summed E-state index contributed by atoms with van der Waals surface area (Å²) in [5, 5.41) is 3.42. The van der Waals surface area contributed by atoms with Crippen molar-refractivity contribution in [3.05, 3.63) is 12.4 Å². The van der Waals surface area contributed by atoms with Crippen LogP contribution in [0.25, 0.3) is 0 Å². The molecule has 1 saturated carbocycles. The summed E-state index contributed by atoms with van der Waals surface area (Å²) >= 11 is 0. The summed E-state index contributed by atoms with van der Waals surface area (Å²) in [5.41, 5.74) is 0. The fourth-order valence-electron chi connectivity index (χ4n) is 2.75. The fourth-order valence-corrected chi connectivity index (χ4v) is 2.75. The summed E-state index contributed by atoms with van der Waals surface area (Å²) in [5.74, 6) is 1.65. The van der Waals surface area contributed by atoms with Crippen LogP contribution in [0, 0.1) is 5.92 Å². The van der Waals surface area contributed by atoms with Crippen molar-refractivity contribution in [2.45, 2.75) is 52.1 Å². The number of hydrogen-bond acceptors (Lipinski definition) is 3. The number of nitrogens with one attached hydrogen (secondary N) is 1. The lowest BCUT2D eigenvalue weighted by Gasteiger charge is -2.24. The molecule has 0 spiro atoms. The first-order valence-corrected chi connectivity index (χ1v) is 7.62. The van der Waals surface area contributed by atoms with Crippen molar-refractivity contribution in [3.8, 4) is 0 Å². The largest absolute Gasteiger partial charge is 0.355 e. The van der Waals surface area contributed by atoms with Gasteiger partial charge in [-0.15, -0.1) is 0 Å². The van der Waals surface area contributed by atoms with Crippen LogP contribution in [0.2, 0.25) is 0 Å². The Hall–Kier alpha value is -1.03. The highest BCUT2D eigenvalue weighted by atomic mass is 15.2. The Morgan fingerprint density at radius 1 is 1.42 bits per heavy atom. The van der Waals surface area contributed by atoms with Crippen LogP contribution in [0.4, 0.5) is 5.95 Å². The summed E-state index contributed by atoms with van der Waals surface area (Å²) in [6.45, 7) is 7.54. The molecule has 4 heteroatoms. The van der Waals surface area contributed by atoms with Gasteiger partial charge in [0.15, 0.2) is 0 Å².